The highest BCUT2D eigenvalue weighted by molar-refractivity contribution is 6.09. The van der Waals surface area contributed by atoms with Crippen molar-refractivity contribution in [3.8, 4) is 0 Å². The Kier molecular flexibility index (Phi) is 5.03. The second-order valence-corrected chi connectivity index (χ2v) is 7.45. The third-order valence-corrected chi connectivity index (χ3v) is 5.54. The predicted octanol–water partition coefficient (Wildman–Crippen LogP) is 2.08. The van der Waals surface area contributed by atoms with Gasteiger partial charge in [0.25, 0.3) is 0 Å². The van der Waals surface area contributed by atoms with E-state index in [1.807, 2.05) is 18.2 Å². The Morgan fingerprint density at radius 2 is 1.55 bits per heavy atom. The first-order valence-electron chi connectivity index (χ1n) is 10.3. The Labute approximate surface area is 170 Å². The number of anilines is 3. The fraction of sp³-hybridized carbons (Fsp3) is 0.476. The zero-order valence-electron chi connectivity index (χ0n) is 16.7. The summed E-state index contributed by atoms with van der Waals surface area (Å²) >= 11 is 0. The molecule has 0 radical (unpaired) electrons. The van der Waals surface area contributed by atoms with Gasteiger partial charge in [0.15, 0.2) is 0 Å². The van der Waals surface area contributed by atoms with Gasteiger partial charge in [-0.15, -0.1) is 0 Å². The van der Waals surface area contributed by atoms with Crippen molar-refractivity contribution in [3.05, 3.63) is 41.5 Å². The Bertz CT molecular complexity index is 892. The van der Waals surface area contributed by atoms with Gasteiger partial charge in [0.1, 0.15) is 17.5 Å². The highest BCUT2D eigenvalue weighted by atomic mass is 16.5. The standard InChI is InChI=1S/C21H26N6O2/c1-15-17-19(23-18(22-15)16-5-3-2-4-6-16)24-21(27-9-13-29-14-10-27)25-20(17)26-7-11-28-12-8-26/h2-6,15H,7-14H2,1H3,(H,22,23,24,25). The number of aromatic nitrogens is 2. The van der Waals surface area contributed by atoms with Crippen molar-refractivity contribution in [2.24, 2.45) is 4.99 Å². The van der Waals surface area contributed by atoms with Gasteiger partial charge < -0.3 is 24.6 Å². The van der Waals surface area contributed by atoms with E-state index in [0.717, 1.165) is 60.7 Å². The smallest absolute Gasteiger partial charge is 0.229 e. The summed E-state index contributed by atoms with van der Waals surface area (Å²) in [5, 5.41) is 3.49. The van der Waals surface area contributed by atoms with Crippen LogP contribution in [0.15, 0.2) is 35.3 Å². The van der Waals surface area contributed by atoms with Gasteiger partial charge in [-0.2, -0.15) is 9.97 Å². The van der Waals surface area contributed by atoms with Gasteiger partial charge in [0, 0.05) is 31.7 Å². The minimum atomic E-state index is -0.0296. The van der Waals surface area contributed by atoms with Crippen LogP contribution >= 0.6 is 0 Å². The zero-order chi connectivity index (χ0) is 19.6. The molecule has 152 valence electrons. The average molecular weight is 394 g/mol. The first kappa shape index (κ1) is 18.3. The zero-order valence-corrected chi connectivity index (χ0v) is 16.7. The van der Waals surface area contributed by atoms with Crippen LogP contribution in [0, 0.1) is 0 Å². The van der Waals surface area contributed by atoms with Crippen LogP contribution in [0.25, 0.3) is 0 Å². The number of fused-ring (bicyclic) bond motifs is 1. The van der Waals surface area contributed by atoms with E-state index in [0.29, 0.717) is 26.4 Å². The SMILES string of the molecule is CC1N=C(c2ccccc2)Nc2nc(N3CCOCC3)nc(N3CCOCC3)c21. The molecule has 0 spiro atoms. The average Bonchev–Trinajstić information content (AvgIpc) is 2.80. The van der Waals surface area contributed by atoms with E-state index in [1.54, 1.807) is 0 Å². The molecule has 1 N–H and O–H groups in total. The van der Waals surface area contributed by atoms with Crippen LogP contribution in [0.3, 0.4) is 0 Å². The third-order valence-electron chi connectivity index (χ3n) is 5.54. The molecule has 0 aliphatic carbocycles. The van der Waals surface area contributed by atoms with Gasteiger partial charge in [-0.25, -0.2) is 0 Å². The molecule has 1 atom stereocenters. The van der Waals surface area contributed by atoms with Crippen molar-refractivity contribution < 1.29 is 9.47 Å². The number of aliphatic imine (C=N–C) groups is 1. The van der Waals surface area contributed by atoms with E-state index in [-0.39, 0.29) is 6.04 Å². The quantitative estimate of drug-likeness (QED) is 0.854. The predicted molar refractivity (Wildman–Crippen MR) is 113 cm³/mol. The molecule has 4 heterocycles. The minimum absolute atomic E-state index is 0.0296. The number of rotatable bonds is 3. The summed E-state index contributed by atoms with van der Waals surface area (Å²) < 4.78 is 11.1. The molecule has 8 heteroatoms. The molecule has 0 bridgehead atoms. The number of hydrogen-bond donors (Lipinski definition) is 1. The van der Waals surface area contributed by atoms with E-state index < -0.39 is 0 Å². The van der Waals surface area contributed by atoms with Crippen LogP contribution in [-0.4, -0.2) is 68.4 Å². The van der Waals surface area contributed by atoms with Crippen LogP contribution in [0.1, 0.15) is 24.1 Å². The van der Waals surface area contributed by atoms with E-state index in [1.165, 1.54) is 0 Å². The highest BCUT2D eigenvalue weighted by Gasteiger charge is 2.30. The second-order valence-electron chi connectivity index (χ2n) is 7.45. The summed E-state index contributed by atoms with van der Waals surface area (Å²) in [5.41, 5.74) is 2.12. The van der Waals surface area contributed by atoms with Crippen LogP contribution in [0.4, 0.5) is 17.6 Å². The molecule has 1 aromatic heterocycles. The van der Waals surface area contributed by atoms with Crippen molar-refractivity contribution in [2.45, 2.75) is 13.0 Å². The molecular weight excluding hydrogens is 368 g/mol. The minimum Gasteiger partial charge on any atom is -0.378 e. The Morgan fingerprint density at radius 1 is 0.897 bits per heavy atom. The maximum atomic E-state index is 5.56. The molecule has 29 heavy (non-hydrogen) atoms. The summed E-state index contributed by atoms with van der Waals surface area (Å²) in [6.07, 6.45) is 0. The van der Waals surface area contributed by atoms with Crippen LogP contribution in [-0.2, 0) is 9.47 Å². The van der Waals surface area contributed by atoms with Crippen molar-refractivity contribution >= 4 is 23.4 Å². The van der Waals surface area contributed by atoms with Crippen molar-refractivity contribution in [2.75, 3.05) is 67.7 Å². The first-order valence-corrected chi connectivity index (χ1v) is 10.3. The van der Waals surface area contributed by atoms with Crippen molar-refractivity contribution in [3.63, 3.8) is 0 Å². The fourth-order valence-electron chi connectivity index (χ4n) is 3.99. The van der Waals surface area contributed by atoms with Gasteiger partial charge in [-0.1, -0.05) is 30.3 Å². The number of hydrogen-bond acceptors (Lipinski definition) is 8. The number of ether oxygens (including phenoxy) is 2. The lowest BCUT2D eigenvalue weighted by molar-refractivity contribution is 0.121. The number of nitrogens with one attached hydrogen (secondary N) is 1. The van der Waals surface area contributed by atoms with Crippen LogP contribution < -0.4 is 15.1 Å². The fourth-order valence-corrected chi connectivity index (χ4v) is 3.99. The summed E-state index contributed by atoms with van der Waals surface area (Å²) in [6.45, 7) is 8.21. The molecule has 0 saturated carbocycles. The van der Waals surface area contributed by atoms with Crippen LogP contribution in [0.5, 0.6) is 0 Å². The molecular formula is C21H26N6O2. The van der Waals surface area contributed by atoms with Gasteiger partial charge in [0.05, 0.1) is 38.0 Å². The molecule has 2 fully saturated rings. The maximum Gasteiger partial charge on any atom is 0.229 e. The van der Waals surface area contributed by atoms with E-state index in [2.05, 4.69) is 34.2 Å². The third kappa shape index (κ3) is 3.65. The number of morpholine rings is 2. The number of nitrogens with zero attached hydrogens (tertiary/aromatic N) is 5. The monoisotopic (exact) mass is 394 g/mol. The van der Waals surface area contributed by atoms with E-state index in [4.69, 9.17) is 24.4 Å². The lowest BCUT2D eigenvalue weighted by Gasteiger charge is -2.34. The Morgan fingerprint density at radius 3 is 2.24 bits per heavy atom. The Balaban J connectivity index is 1.57. The van der Waals surface area contributed by atoms with Gasteiger partial charge in [-0.05, 0) is 6.92 Å². The molecule has 5 rings (SSSR count). The largest absolute Gasteiger partial charge is 0.378 e. The maximum absolute atomic E-state index is 5.56. The van der Waals surface area contributed by atoms with Gasteiger partial charge >= 0.3 is 0 Å². The van der Waals surface area contributed by atoms with Crippen molar-refractivity contribution in [1.82, 2.24) is 9.97 Å². The van der Waals surface area contributed by atoms with Gasteiger partial charge in [0.2, 0.25) is 5.95 Å². The van der Waals surface area contributed by atoms with Crippen LogP contribution in [0.2, 0.25) is 0 Å². The highest BCUT2D eigenvalue weighted by Crippen LogP contribution is 2.38. The molecule has 0 amide bonds. The first-order chi connectivity index (χ1) is 14.3. The molecule has 3 aliphatic rings. The topological polar surface area (TPSA) is 75.1 Å². The molecule has 2 saturated heterocycles. The molecule has 1 unspecified atom stereocenters. The molecule has 3 aliphatic heterocycles. The summed E-state index contributed by atoms with van der Waals surface area (Å²) in [4.78, 5) is 19.4. The summed E-state index contributed by atoms with van der Waals surface area (Å²) in [7, 11) is 0. The summed E-state index contributed by atoms with van der Waals surface area (Å²) in [6, 6.07) is 10.2. The summed E-state index contributed by atoms with van der Waals surface area (Å²) in [5.74, 6) is 3.42. The number of amidine groups is 1. The molecule has 8 nitrogen and oxygen atoms in total. The normalized spacial score (nSPS) is 22.0. The lowest BCUT2D eigenvalue weighted by Crippen LogP contribution is -2.40. The van der Waals surface area contributed by atoms with Gasteiger partial charge in [-0.3, -0.25) is 4.99 Å². The second kappa shape index (κ2) is 7.96. The number of benzene rings is 1. The van der Waals surface area contributed by atoms with E-state index >= 15 is 0 Å². The van der Waals surface area contributed by atoms with E-state index in [9.17, 15) is 0 Å². The Hall–Kier alpha value is -2.71. The molecule has 2 aromatic rings. The lowest BCUT2D eigenvalue weighted by atomic mass is 10.1. The molecule has 1 aromatic carbocycles. The van der Waals surface area contributed by atoms with Crippen molar-refractivity contribution in [1.29, 1.82) is 0 Å².